The van der Waals surface area contributed by atoms with E-state index in [1.54, 1.807) is 0 Å². The van der Waals surface area contributed by atoms with Gasteiger partial charge < -0.3 is 5.32 Å². The summed E-state index contributed by atoms with van der Waals surface area (Å²) in [4.78, 5) is 6.48. The number of rotatable bonds is 6. The monoisotopic (exact) mass is 330 g/mol. The highest BCUT2D eigenvalue weighted by molar-refractivity contribution is 8.06. The van der Waals surface area contributed by atoms with Crippen molar-refractivity contribution < 1.29 is 0 Å². The first-order chi connectivity index (χ1) is 9.61. The van der Waals surface area contributed by atoms with Crippen molar-refractivity contribution in [2.75, 3.05) is 18.1 Å². The lowest BCUT2D eigenvalue weighted by Crippen LogP contribution is -2.15. The van der Waals surface area contributed by atoms with Crippen molar-refractivity contribution in [2.24, 2.45) is 5.92 Å². The Morgan fingerprint density at radius 3 is 2.70 bits per heavy atom. The summed E-state index contributed by atoms with van der Waals surface area (Å²) in [6.07, 6.45) is 1.11. The van der Waals surface area contributed by atoms with Gasteiger partial charge in [-0.05, 0) is 18.9 Å². The molecule has 5 heteroatoms. The first-order valence-corrected chi connectivity index (χ1v) is 10.5. The highest BCUT2D eigenvalue weighted by Crippen LogP contribution is 2.44. The van der Waals surface area contributed by atoms with Crippen LogP contribution in [0.25, 0.3) is 0 Å². The molecule has 1 aliphatic rings. The van der Waals surface area contributed by atoms with Gasteiger partial charge in [0.2, 0.25) is 0 Å². The highest BCUT2D eigenvalue weighted by Gasteiger charge is 2.28. The zero-order valence-electron chi connectivity index (χ0n) is 12.9. The topological polar surface area (TPSA) is 24.9 Å². The van der Waals surface area contributed by atoms with Gasteiger partial charge in [-0.15, -0.1) is 23.1 Å². The van der Waals surface area contributed by atoms with Crippen LogP contribution in [0.5, 0.6) is 0 Å². The van der Waals surface area contributed by atoms with Crippen molar-refractivity contribution in [3.63, 3.8) is 0 Å². The Morgan fingerprint density at radius 1 is 1.30 bits per heavy atom. The van der Waals surface area contributed by atoms with Crippen LogP contribution in [-0.4, -0.2) is 28.3 Å². The van der Waals surface area contributed by atoms with E-state index in [1.807, 2.05) is 11.3 Å². The minimum atomic E-state index is 0.597. The summed E-state index contributed by atoms with van der Waals surface area (Å²) in [6.45, 7) is 11.1. The molecule has 1 saturated heterocycles. The van der Waals surface area contributed by atoms with E-state index in [2.05, 4.69) is 56.5 Å². The van der Waals surface area contributed by atoms with Crippen LogP contribution in [0.15, 0.2) is 0 Å². The fourth-order valence-corrected chi connectivity index (χ4v) is 6.57. The Kier molecular flexibility index (Phi) is 6.72. The van der Waals surface area contributed by atoms with Crippen LogP contribution in [0.4, 0.5) is 0 Å². The lowest BCUT2D eigenvalue weighted by Gasteiger charge is -2.25. The summed E-state index contributed by atoms with van der Waals surface area (Å²) in [6, 6.07) is 0. The Morgan fingerprint density at radius 2 is 2.05 bits per heavy atom. The molecule has 1 aliphatic heterocycles. The van der Waals surface area contributed by atoms with Gasteiger partial charge in [0.25, 0.3) is 0 Å². The molecule has 114 valence electrons. The number of aromatic nitrogens is 1. The van der Waals surface area contributed by atoms with Crippen LogP contribution in [0.1, 0.15) is 48.5 Å². The van der Waals surface area contributed by atoms with Crippen LogP contribution in [0.3, 0.4) is 0 Å². The van der Waals surface area contributed by atoms with Gasteiger partial charge in [-0.1, -0.05) is 27.7 Å². The summed E-state index contributed by atoms with van der Waals surface area (Å²) in [5, 5.41) is 6.11. The Bertz CT molecular complexity index is 417. The predicted octanol–water partition coefficient (Wildman–Crippen LogP) is 4.36. The smallest absolute Gasteiger partial charge is 0.107 e. The minimum Gasteiger partial charge on any atom is -0.312 e. The third kappa shape index (κ3) is 4.39. The summed E-state index contributed by atoms with van der Waals surface area (Å²) in [5.41, 5.74) is 1.34. The number of hydrogen-bond acceptors (Lipinski definition) is 5. The Labute approximate surface area is 135 Å². The Balaban J connectivity index is 2.17. The maximum atomic E-state index is 5.02. The molecule has 20 heavy (non-hydrogen) atoms. The van der Waals surface area contributed by atoms with Gasteiger partial charge in [0.15, 0.2) is 0 Å². The van der Waals surface area contributed by atoms with Gasteiger partial charge in [-0.25, -0.2) is 4.98 Å². The largest absolute Gasteiger partial charge is 0.312 e. The molecular formula is C15H26N2S3. The fourth-order valence-electron chi connectivity index (χ4n) is 2.35. The van der Waals surface area contributed by atoms with Crippen molar-refractivity contribution >= 4 is 34.9 Å². The summed E-state index contributed by atoms with van der Waals surface area (Å²) in [5.74, 6) is 3.23. The van der Waals surface area contributed by atoms with Crippen molar-refractivity contribution in [2.45, 2.75) is 51.2 Å². The molecule has 2 heterocycles. The van der Waals surface area contributed by atoms with E-state index in [0.29, 0.717) is 16.4 Å². The SMILES string of the molecule is CCNCc1sc(C2SCCSC2C)nc1CC(C)C. The molecule has 0 spiro atoms. The summed E-state index contributed by atoms with van der Waals surface area (Å²) < 4.78 is 0. The van der Waals surface area contributed by atoms with Crippen LogP contribution in [-0.2, 0) is 13.0 Å². The van der Waals surface area contributed by atoms with E-state index in [1.165, 1.54) is 27.1 Å². The summed E-state index contributed by atoms with van der Waals surface area (Å²) in [7, 11) is 0. The van der Waals surface area contributed by atoms with E-state index in [4.69, 9.17) is 4.98 Å². The maximum absolute atomic E-state index is 5.02. The second-order valence-electron chi connectivity index (χ2n) is 5.67. The van der Waals surface area contributed by atoms with Gasteiger partial charge >= 0.3 is 0 Å². The number of nitrogens with one attached hydrogen (secondary N) is 1. The van der Waals surface area contributed by atoms with Crippen LogP contribution < -0.4 is 5.32 Å². The second kappa shape index (κ2) is 8.06. The molecule has 2 unspecified atom stereocenters. The zero-order valence-corrected chi connectivity index (χ0v) is 15.4. The van der Waals surface area contributed by atoms with E-state index >= 15 is 0 Å². The van der Waals surface area contributed by atoms with E-state index in [0.717, 1.165) is 19.5 Å². The molecule has 0 amide bonds. The average Bonchev–Trinajstić information content (AvgIpc) is 2.79. The van der Waals surface area contributed by atoms with E-state index < -0.39 is 0 Å². The molecule has 1 fully saturated rings. The molecule has 2 atom stereocenters. The second-order valence-corrected chi connectivity index (χ2v) is 9.52. The van der Waals surface area contributed by atoms with Crippen molar-refractivity contribution in [1.82, 2.24) is 10.3 Å². The molecule has 0 aliphatic carbocycles. The first-order valence-electron chi connectivity index (χ1n) is 7.54. The summed E-state index contributed by atoms with van der Waals surface area (Å²) >= 11 is 6.14. The van der Waals surface area contributed by atoms with Gasteiger partial charge in [0.05, 0.1) is 10.9 Å². The third-order valence-corrected chi connectivity index (χ3v) is 7.79. The van der Waals surface area contributed by atoms with Gasteiger partial charge in [-0.2, -0.15) is 11.8 Å². The van der Waals surface area contributed by atoms with Crippen LogP contribution in [0, 0.1) is 5.92 Å². The lowest BCUT2D eigenvalue weighted by molar-refractivity contribution is 0.625. The van der Waals surface area contributed by atoms with Crippen LogP contribution >= 0.6 is 34.9 Å². The number of hydrogen-bond donors (Lipinski definition) is 1. The Hall–Kier alpha value is 0.290. The van der Waals surface area contributed by atoms with Crippen molar-refractivity contribution in [1.29, 1.82) is 0 Å². The molecule has 1 aromatic rings. The van der Waals surface area contributed by atoms with Gasteiger partial charge in [-0.3, -0.25) is 0 Å². The molecule has 0 saturated carbocycles. The predicted molar refractivity (Wildman–Crippen MR) is 95.2 cm³/mol. The van der Waals surface area contributed by atoms with E-state index in [-0.39, 0.29) is 0 Å². The normalized spacial score (nSPS) is 23.4. The molecule has 1 N–H and O–H groups in total. The molecule has 2 nitrogen and oxygen atoms in total. The highest BCUT2D eigenvalue weighted by atomic mass is 32.2. The average molecular weight is 331 g/mol. The van der Waals surface area contributed by atoms with Gasteiger partial charge in [0, 0.05) is 28.2 Å². The zero-order chi connectivity index (χ0) is 14.5. The number of thiazole rings is 1. The third-order valence-electron chi connectivity index (χ3n) is 3.36. The van der Waals surface area contributed by atoms with E-state index in [9.17, 15) is 0 Å². The minimum absolute atomic E-state index is 0.597. The molecule has 0 bridgehead atoms. The molecule has 2 rings (SSSR count). The maximum Gasteiger partial charge on any atom is 0.107 e. The van der Waals surface area contributed by atoms with Crippen LogP contribution in [0.2, 0.25) is 0 Å². The molecule has 1 aromatic heterocycles. The molecule has 0 radical (unpaired) electrons. The van der Waals surface area contributed by atoms with Crippen molar-refractivity contribution in [3.8, 4) is 0 Å². The lowest BCUT2D eigenvalue weighted by atomic mass is 10.1. The molecule has 0 aromatic carbocycles. The number of nitrogens with zero attached hydrogens (tertiary/aromatic N) is 1. The quantitative estimate of drug-likeness (QED) is 0.837. The van der Waals surface area contributed by atoms with Crippen molar-refractivity contribution in [3.05, 3.63) is 15.6 Å². The molecular weight excluding hydrogens is 304 g/mol. The fraction of sp³-hybridized carbons (Fsp3) is 0.800. The standard InChI is InChI=1S/C15H26N2S3/c1-5-16-9-13-12(8-10(2)3)17-15(20-13)14-11(4)18-6-7-19-14/h10-11,14,16H,5-9H2,1-4H3. The number of thioether (sulfide) groups is 2. The first kappa shape index (κ1) is 16.7. The van der Waals surface area contributed by atoms with Gasteiger partial charge in [0.1, 0.15) is 5.01 Å².